The predicted molar refractivity (Wildman–Crippen MR) is 99.1 cm³/mol. The Morgan fingerprint density at radius 1 is 0.920 bits per heavy atom. The van der Waals surface area contributed by atoms with Crippen molar-refractivity contribution < 1.29 is 9.21 Å². The number of carbonyl (C=O) groups excluding carboxylic acids is 1. The molecule has 1 amide bonds. The van der Waals surface area contributed by atoms with Crippen LogP contribution in [0.1, 0.15) is 17.7 Å². The van der Waals surface area contributed by atoms with E-state index in [9.17, 15) is 4.79 Å². The molecular weight excluding hydrogens is 312 g/mol. The zero-order chi connectivity index (χ0) is 17.3. The first-order valence-electron chi connectivity index (χ1n) is 8.44. The van der Waals surface area contributed by atoms with E-state index in [1.807, 2.05) is 48.5 Å². The number of para-hydroxylation sites is 1. The summed E-state index contributed by atoms with van der Waals surface area (Å²) in [6.45, 7) is 1.86. The lowest BCUT2D eigenvalue weighted by atomic mass is 10.2. The fraction of sp³-hybridized carbons (Fsp3) is 0.190. The van der Waals surface area contributed by atoms with Crippen LogP contribution < -0.4 is 10.2 Å². The Kier molecular flexibility index (Phi) is 5.88. The van der Waals surface area contributed by atoms with Gasteiger partial charge in [-0.2, -0.15) is 0 Å². The van der Waals surface area contributed by atoms with Crippen molar-refractivity contribution in [2.45, 2.75) is 19.5 Å². The molecule has 0 saturated carbocycles. The molecule has 0 aliphatic rings. The molecule has 0 radical (unpaired) electrons. The molecule has 0 aliphatic carbocycles. The highest BCUT2D eigenvalue weighted by Crippen LogP contribution is 2.17. The summed E-state index contributed by atoms with van der Waals surface area (Å²) in [4.78, 5) is 14.4. The second-order valence-electron chi connectivity index (χ2n) is 5.85. The van der Waals surface area contributed by atoms with Crippen LogP contribution in [0.4, 0.5) is 5.69 Å². The van der Waals surface area contributed by atoms with Crippen LogP contribution >= 0.6 is 0 Å². The zero-order valence-corrected chi connectivity index (χ0v) is 14.1. The maximum Gasteiger partial charge on any atom is 0.222 e. The predicted octanol–water partition coefficient (Wildman–Crippen LogP) is 3.99. The van der Waals surface area contributed by atoms with Gasteiger partial charge < -0.3 is 14.6 Å². The second-order valence-corrected chi connectivity index (χ2v) is 5.85. The maximum atomic E-state index is 12.1. The number of benzene rings is 2. The van der Waals surface area contributed by atoms with Crippen LogP contribution in [0, 0.1) is 0 Å². The summed E-state index contributed by atoms with van der Waals surface area (Å²) in [5.74, 6) is 0.781. The molecule has 1 N–H and O–H groups in total. The fourth-order valence-electron chi connectivity index (χ4n) is 2.67. The molecule has 0 bridgehead atoms. The minimum atomic E-state index is 0.0189. The molecule has 0 atom stereocenters. The number of furan rings is 1. The third-order valence-electron chi connectivity index (χ3n) is 3.99. The van der Waals surface area contributed by atoms with Crippen molar-refractivity contribution in [3.05, 3.63) is 90.4 Å². The van der Waals surface area contributed by atoms with E-state index in [2.05, 4.69) is 34.5 Å². The molecule has 0 saturated heterocycles. The lowest BCUT2D eigenvalue weighted by Gasteiger charge is -2.25. The second kappa shape index (κ2) is 8.73. The Morgan fingerprint density at radius 2 is 1.64 bits per heavy atom. The molecule has 0 spiro atoms. The molecule has 0 fully saturated rings. The molecule has 25 heavy (non-hydrogen) atoms. The third kappa shape index (κ3) is 5.24. The number of nitrogens with one attached hydrogen (secondary N) is 1. The molecular formula is C21H22N2O2. The van der Waals surface area contributed by atoms with Crippen molar-refractivity contribution in [3.63, 3.8) is 0 Å². The summed E-state index contributed by atoms with van der Waals surface area (Å²) in [7, 11) is 0. The summed E-state index contributed by atoms with van der Waals surface area (Å²) in [5, 5.41) is 2.90. The van der Waals surface area contributed by atoms with Crippen LogP contribution in [-0.2, 0) is 17.9 Å². The van der Waals surface area contributed by atoms with Crippen molar-refractivity contribution in [2.24, 2.45) is 0 Å². The number of hydrogen-bond acceptors (Lipinski definition) is 3. The van der Waals surface area contributed by atoms with E-state index in [1.165, 1.54) is 5.56 Å². The molecule has 4 nitrogen and oxygen atoms in total. The standard InChI is InChI=1S/C21H22N2O2/c24-21(22-16-20-12-7-15-25-20)13-14-23(19-10-5-2-6-11-19)17-18-8-3-1-4-9-18/h1-12,15H,13-14,16-17H2,(H,22,24). The molecule has 3 rings (SSSR count). The lowest BCUT2D eigenvalue weighted by molar-refractivity contribution is -0.121. The van der Waals surface area contributed by atoms with Crippen LogP contribution in [0.2, 0.25) is 0 Å². The Bertz CT molecular complexity index is 755. The van der Waals surface area contributed by atoms with Gasteiger partial charge in [-0.25, -0.2) is 0 Å². The molecule has 0 unspecified atom stereocenters. The van der Waals surface area contributed by atoms with Crippen LogP contribution in [0.3, 0.4) is 0 Å². The van der Waals surface area contributed by atoms with Crippen molar-refractivity contribution in [3.8, 4) is 0 Å². The fourth-order valence-corrected chi connectivity index (χ4v) is 2.67. The van der Waals surface area contributed by atoms with Gasteiger partial charge in [0.05, 0.1) is 12.8 Å². The molecule has 3 aromatic rings. The highest BCUT2D eigenvalue weighted by Gasteiger charge is 2.10. The van der Waals surface area contributed by atoms with E-state index in [0.29, 0.717) is 19.5 Å². The van der Waals surface area contributed by atoms with Gasteiger partial charge in [-0.1, -0.05) is 48.5 Å². The average Bonchev–Trinajstić information content (AvgIpc) is 3.18. The number of amides is 1. The SMILES string of the molecule is O=C(CCN(Cc1ccccc1)c1ccccc1)NCc1ccco1. The van der Waals surface area contributed by atoms with Gasteiger partial charge in [-0.05, 0) is 29.8 Å². The lowest BCUT2D eigenvalue weighted by Crippen LogP contribution is -2.30. The van der Waals surface area contributed by atoms with E-state index in [0.717, 1.165) is 18.0 Å². The monoisotopic (exact) mass is 334 g/mol. The normalized spacial score (nSPS) is 10.4. The van der Waals surface area contributed by atoms with Crippen molar-refractivity contribution in [1.29, 1.82) is 0 Å². The van der Waals surface area contributed by atoms with Crippen LogP contribution in [0.25, 0.3) is 0 Å². The first-order valence-corrected chi connectivity index (χ1v) is 8.44. The molecule has 1 heterocycles. The van der Waals surface area contributed by atoms with Crippen LogP contribution in [0.5, 0.6) is 0 Å². The van der Waals surface area contributed by atoms with E-state index in [4.69, 9.17) is 4.42 Å². The highest BCUT2D eigenvalue weighted by atomic mass is 16.3. The third-order valence-corrected chi connectivity index (χ3v) is 3.99. The maximum absolute atomic E-state index is 12.1. The minimum absolute atomic E-state index is 0.0189. The van der Waals surface area contributed by atoms with Crippen LogP contribution in [-0.4, -0.2) is 12.5 Å². The van der Waals surface area contributed by atoms with Gasteiger partial charge in [-0.15, -0.1) is 0 Å². The first kappa shape index (κ1) is 16.8. The van der Waals surface area contributed by atoms with Gasteiger partial charge in [0.1, 0.15) is 5.76 Å². The molecule has 0 aliphatic heterocycles. The van der Waals surface area contributed by atoms with Crippen molar-refractivity contribution >= 4 is 11.6 Å². The van der Waals surface area contributed by atoms with E-state index in [-0.39, 0.29) is 5.91 Å². The Labute approximate surface area is 148 Å². The van der Waals surface area contributed by atoms with Gasteiger partial charge in [0.15, 0.2) is 0 Å². The zero-order valence-electron chi connectivity index (χ0n) is 14.1. The van der Waals surface area contributed by atoms with Crippen molar-refractivity contribution in [2.75, 3.05) is 11.4 Å². The molecule has 1 aromatic heterocycles. The Hall–Kier alpha value is -3.01. The summed E-state index contributed by atoms with van der Waals surface area (Å²) in [6, 6.07) is 24.1. The number of hydrogen-bond donors (Lipinski definition) is 1. The van der Waals surface area contributed by atoms with E-state index >= 15 is 0 Å². The van der Waals surface area contributed by atoms with Gasteiger partial charge in [0.25, 0.3) is 0 Å². The number of nitrogens with zero attached hydrogens (tertiary/aromatic N) is 1. The highest BCUT2D eigenvalue weighted by molar-refractivity contribution is 5.76. The van der Waals surface area contributed by atoms with Gasteiger partial charge in [0, 0.05) is 25.2 Å². The summed E-state index contributed by atoms with van der Waals surface area (Å²) in [6.07, 6.45) is 2.04. The average molecular weight is 334 g/mol. The van der Waals surface area contributed by atoms with Gasteiger partial charge >= 0.3 is 0 Å². The number of anilines is 1. The van der Waals surface area contributed by atoms with E-state index in [1.54, 1.807) is 6.26 Å². The smallest absolute Gasteiger partial charge is 0.222 e. The topological polar surface area (TPSA) is 45.5 Å². The largest absolute Gasteiger partial charge is 0.467 e. The van der Waals surface area contributed by atoms with E-state index < -0.39 is 0 Å². The summed E-state index contributed by atoms with van der Waals surface area (Å²) >= 11 is 0. The Morgan fingerprint density at radius 3 is 2.32 bits per heavy atom. The molecule has 2 aromatic carbocycles. The first-order chi connectivity index (χ1) is 12.3. The van der Waals surface area contributed by atoms with Crippen LogP contribution in [0.15, 0.2) is 83.5 Å². The molecule has 128 valence electrons. The molecule has 4 heteroatoms. The quantitative estimate of drug-likeness (QED) is 0.677. The van der Waals surface area contributed by atoms with Gasteiger partial charge in [-0.3, -0.25) is 4.79 Å². The number of rotatable bonds is 8. The Balaban J connectivity index is 1.58. The minimum Gasteiger partial charge on any atom is -0.467 e. The van der Waals surface area contributed by atoms with Crippen molar-refractivity contribution in [1.82, 2.24) is 5.32 Å². The van der Waals surface area contributed by atoms with Gasteiger partial charge in [0.2, 0.25) is 5.91 Å². The summed E-state index contributed by atoms with van der Waals surface area (Å²) < 4.78 is 5.23. The summed E-state index contributed by atoms with van der Waals surface area (Å²) in [5.41, 5.74) is 2.34. The number of carbonyl (C=O) groups is 1.